The van der Waals surface area contributed by atoms with Gasteiger partial charge in [-0.2, -0.15) is 18.3 Å². The van der Waals surface area contributed by atoms with Crippen LogP contribution in [0.4, 0.5) is 13.2 Å². The minimum Gasteiger partial charge on any atom is -0.495 e. The van der Waals surface area contributed by atoms with Crippen LogP contribution in [-0.4, -0.2) is 25.3 Å². The van der Waals surface area contributed by atoms with Gasteiger partial charge in [-0.1, -0.05) is 23.7 Å². The molecule has 0 fully saturated rings. The van der Waals surface area contributed by atoms with Crippen LogP contribution in [0.5, 0.6) is 5.75 Å². The van der Waals surface area contributed by atoms with Crippen LogP contribution in [0.25, 0.3) is 16.9 Å². The molecule has 6 nitrogen and oxygen atoms in total. The van der Waals surface area contributed by atoms with Crippen LogP contribution in [0.3, 0.4) is 0 Å². The molecule has 154 valence electrons. The maximum absolute atomic E-state index is 13.4. The Morgan fingerprint density at radius 3 is 2.38 bits per heavy atom. The monoisotopic (exact) mass is 445 g/mol. The van der Waals surface area contributed by atoms with Gasteiger partial charge in [0, 0.05) is 5.56 Å². The summed E-state index contributed by atoms with van der Waals surface area (Å²) in [6, 6.07) is 9.18. The minimum absolute atomic E-state index is 0.0129. The zero-order valence-corrected chi connectivity index (χ0v) is 16.7. The first-order valence-corrected chi connectivity index (χ1v) is 10.00. The second kappa shape index (κ2) is 7.36. The second-order valence-electron chi connectivity index (χ2n) is 6.15. The summed E-state index contributed by atoms with van der Waals surface area (Å²) in [5, 5.41) is 9.02. The molecular weight excluding hydrogens is 431 g/mol. The van der Waals surface area contributed by atoms with Crippen molar-refractivity contribution in [2.75, 3.05) is 7.11 Å². The van der Waals surface area contributed by atoms with Crippen molar-refractivity contribution in [1.82, 2.24) is 9.78 Å². The SMILES string of the molecule is COc1c(C)cc(-c2cc(C(F)(F)F)nn2-c2ccccc2S(N)(=O)=O)cc1Cl. The number of benzene rings is 2. The number of aromatic nitrogens is 2. The van der Waals surface area contributed by atoms with E-state index in [1.807, 2.05) is 0 Å². The molecule has 0 spiro atoms. The predicted molar refractivity (Wildman–Crippen MR) is 102 cm³/mol. The van der Waals surface area contributed by atoms with Gasteiger partial charge in [-0.15, -0.1) is 0 Å². The lowest BCUT2D eigenvalue weighted by Crippen LogP contribution is -2.16. The van der Waals surface area contributed by atoms with Gasteiger partial charge >= 0.3 is 6.18 Å². The summed E-state index contributed by atoms with van der Waals surface area (Å²) in [5.41, 5.74) is -0.455. The van der Waals surface area contributed by atoms with Gasteiger partial charge in [-0.25, -0.2) is 18.2 Å². The van der Waals surface area contributed by atoms with Crippen molar-refractivity contribution < 1.29 is 26.3 Å². The zero-order valence-electron chi connectivity index (χ0n) is 15.2. The second-order valence-corrected chi connectivity index (χ2v) is 8.08. The Morgan fingerprint density at radius 1 is 1.17 bits per heavy atom. The predicted octanol–water partition coefficient (Wildman–Crippen LogP) is 4.18. The molecule has 11 heteroatoms. The summed E-state index contributed by atoms with van der Waals surface area (Å²) < 4.78 is 70.0. The van der Waals surface area contributed by atoms with E-state index in [9.17, 15) is 21.6 Å². The molecule has 0 amide bonds. The van der Waals surface area contributed by atoms with Gasteiger partial charge in [0.2, 0.25) is 10.0 Å². The molecule has 0 unspecified atom stereocenters. The molecule has 1 heterocycles. The molecule has 0 atom stereocenters. The molecule has 0 aliphatic carbocycles. The number of para-hydroxylation sites is 1. The molecule has 3 rings (SSSR count). The summed E-state index contributed by atoms with van der Waals surface area (Å²) in [7, 11) is -2.80. The minimum atomic E-state index is -4.75. The van der Waals surface area contributed by atoms with Crippen LogP contribution in [-0.2, 0) is 16.2 Å². The van der Waals surface area contributed by atoms with Crippen molar-refractivity contribution >= 4 is 21.6 Å². The molecule has 0 bridgehead atoms. The van der Waals surface area contributed by atoms with E-state index in [1.165, 1.54) is 37.4 Å². The van der Waals surface area contributed by atoms with E-state index in [0.717, 1.165) is 10.7 Å². The molecule has 0 saturated carbocycles. The van der Waals surface area contributed by atoms with E-state index in [-0.39, 0.29) is 21.3 Å². The number of alkyl halides is 3. The number of aryl methyl sites for hydroxylation is 1. The Balaban J connectivity index is 2.35. The summed E-state index contributed by atoms with van der Waals surface area (Å²) in [6.45, 7) is 1.68. The largest absolute Gasteiger partial charge is 0.495 e. The molecule has 2 aromatic carbocycles. The number of sulfonamides is 1. The quantitative estimate of drug-likeness (QED) is 0.652. The summed E-state index contributed by atoms with van der Waals surface area (Å²) >= 11 is 6.19. The van der Waals surface area contributed by atoms with Crippen LogP contribution < -0.4 is 9.88 Å². The fraction of sp³-hybridized carbons (Fsp3) is 0.167. The van der Waals surface area contributed by atoms with E-state index in [0.29, 0.717) is 16.9 Å². The van der Waals surface area contributed by atoms with Gasteiger partial charge in [0.1, 0.15) is 10.6 Å². The number of nitrogens with two attached hydrogens (primary N) is 1. The highest BCUT2D eigenvalue weighted by atomic mass is 35.5. The highest BCUT2D eigenvalue weighted by Crippen LogP contribution is 2.38. The van der Waals surface area contributed by atoms with Crippen molar-refractivity contribution in [2.45, 2.75) is 18.0 Å². The first kappa shape index (κ1) is 21.2. The Hall–Kier alpha value is -2.56. The van der Waals surface area contributed by atoms with Gasteiger partial charge in [0.15, 0.2) is 5.69 Å². The number of nitrogens with zero attached hydrogens (tertiary/aromatic N) is 2. The van der Waals surface area contributed by atoms with Gasteiger partial charge in [0.05, 0.1) is 23.5 Å². The lowest BCUT2D eigenvalue weighted by molar-refractivity contribution is -0.141. The lowest BCUT2D eigenvalue weighted by atomic mass is 10.1. The Labute approximate surface area is 169 Å². The molecule has 1 aromatic heterocycles. The molecule has 3 aromatic rings. The van der Waals surface area contributed by atoms with Gasteiger partial charge < -0.3 is 4.74 Å². The number of rotatable bonds is 4. The topological polar surface area (TPSA) is 87.2 Å². The zero-order chi connectivity index (χ0) is 21.6. The maximum Gasteiger partial charge on any atom is 0.435 e. The van der Waals surface area contributed by atoms with Gasteiger partial charge in [-0.05, 0) is 42.8 Å². The van der Waals surface area contributed by atoms with Gasteiger partial charge in [-0.3, -0.25) is 0 Å². The smallest absolute Gasteiger partial charge is 0.435 e. The molecular formula is C18H15ClF3N3O3S. The standard InChI is InChI=1S/C18H15ClF3N3O3S/c1-10-7-11(8-12(19)17(10)28-2)14-9-16(18(20,21)22)24-25(14)13-5-3-4-6-15(13)29(23,26)27/h3-9H,1-2H3,(H2,23,26,27). The van der Waals surface area contributed by atoms with E-state index in [2.05, 4.69) is 5.10 Å². The van der Waals surface area contributed by atoms with Crippen LogP contribution in [0.1, 0.15) is 11.3 Å². The first-order chi connectivity index (χ1) is 13.4. The van der Waals surface area contributed by atoms with Gasteiger partial charge in [0.25, 0.3) is 0 Å². The summed E-state index contributed by atoms with van der Waals surface area (Å²) in [6.07, 6.45) is -4.75. The van der Waals surface area contributed by atoms with Crippen molar-refractivity contribution in [3.05, 3.63) is 58.7 Å². The Bertz CT molecular complexity index is 1170. The van der Waals surface area contributed by atoms with Crippen molar-refractivity contribution in [3.8, 4) is 22.7 Å². The van der Waals surface area contributed by atoms with Crippen molar-refractivity contribution in [1.29, 1.82) is 0 Å². The third-order valence-corrected chi connectivity index (χ3v) is 5.37. The third kappa shape index (κ3) is 4.09. The molecule has 0 aliphatic heterocycles. The molecule has 0 radical (unpaired) electrons. The normalized spacial score (nSPS) is 12.2. The Kier molecular flexibility index (Phi) is 5.37. The van der Waals surface area contributed by atoms with E-state index in [1.54, 1.807) is 13.0 Å². The Morgan fingerprint density at radius 2 is 1.83 bits per heavy atom. The van der Waals surface area contributed by atoms with Crippen molar-refractivity contribution in [3.63, 3.8) is 0 Å². The molecule has 29 heavy (non-hydrogen) atoms. The lowest BCUT2D eigenvalue weighted by Gasteiger charge is -2.13. The highest BCUT2D eigenvalue weighted by Gasteiger charge is 2.36. The average molecular weight is 446 g/mol. The fourth-order valence-corrected chi connectivity index (χ4v) is 3.98. The molecule has 0 aliphatic rings. The van der Waals surface area contributed by atoms with Crippen LogP contribution in [0.2, 0.25) is 5.02 Å². The summed E-state index contributed by atoms with van der Waals surface area (Å²) in [5.74, 6) is 0.377. The number of halogens is 4. The molecule has 2 N–H and O–H groups in total. The van der Waals surface area contributed by atoms with Crippen LogP contribution in [0, 0.1) is 6.92 Å². The summed E-state index contributed by atoms with van der Waals surface area (Å²) in [4.78, 5) is -0.366. The fourth-order valence-electron chi connectivity index (χ4n) is 2.92. The van der Waals surface area contributed by atoms with Crippen molar-refractivity contribution in [2.24, 2.45) is 5.14 Å². The number of hydrogen-bond acceptors (Lipinski definition) is 4. The average Bonchev–Trinajstić information content (AvgIpc) is 3.06. The first-order valence-electron chi connectivity index (χ1n) is 8.07. The van der Waals surface area contributed by atoms with E-state index >= 15 is 0 Å². The number of hydrogen-bond donors (Lipinski definition) is 1. The van der Waals surface area contributed by atoms with E-state index in [4.69, 9.17) is 21.5 Å². The maximum atomic E-state index is 13.4. The number of methoxy groups -OCH3 is 1. The van der Waals surface area contributed by atoms with Crippen LogP contribution in [0.15, 0.2) is 47.4 Å². The van der Waals surface area contributed by atoms with E-state index < -0.39 is 21.9 Å². The van der Waals surface area contributed by atoms with Crippen LogP contribution >= 0.6 is 11.6 Å². The molecule has 0 saturated heterocycles. The highest BCUT2D eigenvalue weighted by molar-refractivity contribution is 7.89. The number of ether oxygens (including phenoxy) is 1. The third-order valence-electron chi connectivity index (χ3n) is 4.13. The number of primary sulfonamides is 1.